The summed E-state index contributed by atoms with van der Waals surface area (Å²) in [5.41, 5.74) is 1.42. The van der Waals surface area contributed by atoms with E-state index in [-0.39, 0.29) is 11.7 Å². The number of nitrogens with one attached hydrogen (secondary N) is 1. The molecule has 2 aromatic carbocycles. The van der Waals surface area contributed by atoms with Gasteiger partial charge in [-0.3, -0.25) is 4.79 Å². The van der Waals surface area contributed by atoms with Gasteiger partial charge in [0.2, 0.25) is 5.91 Å². The molecule has 0 aliphatic rings. The first-order valence-corrected chi connectivity index (χ1v) is 6.01. The molecule has 1 amide bonds. The average molecular weight is 276 g/mol. The lowest BCUT2D eigenvalue weighted by Crippen LogP contribution is -2.07. The standard InChI is InChI=1S/C15H11ClFNO/c16-12-4-1-11(2-5-12)3-10-15(19)18-14-8-6-13(17)7-9-14/h1-10H,(H,18,19)/b10-3-. The van der Waals surface area contributed by atoms with E-state index in [1.165, 1.54) is 30.3 Å². The Morgan fingerprint density at radius 3 is 2.32 bits per heavy atom. The van der Waals surface area contributed by atoms with Crippen molar-refractivity contribution in [3.63, 3.8) is 0 Å². The number of anilines is 1. The van der Waals surface area contributed by atoms with E-state index in [0.29, 0.717) is 10.7 Å². The molecule has 0 fully saturated rings. The molecule has 0 aliphatic carbocycles. The summed E-state index contributed by atoms with van der Waals surface area (Å²) in [4.78, 5) is 11.6. The normalized spacial score (nSPS) is 10.6. The second-order valence-corrected chi connectivity index (χ2v) is 4.32. The van der Waals surface area contributed by atoms with Gasteiger partial charge in [-0.15, -0.1) is 0 Å². The molecule has 0 unspecified atom stereocenters. The van der Waals surface area contributed by atoms with Crippen molar-refractivity contribution >= 4 is 29.3 Å². The van der Waals surface area contributed by atoms with Gasteiger partial charge in [-0.1, -0.05) is 23.7 Å². The second-order valence-electron chi connectivity index (χ2n) is 3.88. The van der Waals surface area contributed by atoms with E-state index in [1.54, 1.807) is 18.2 Å². The Morgan fingerprint density at radius 2 is 1.68 bits per heavy atom. The molecule has 4 heteroatoms. The van der Waals surface area contributed by atoms with E-state index in [2.05, 4.69) is 5.32 Å². The third kappa shape index (κ3) is 4.23. The molecular weight excluding hydrogens is 265 g/mol. The van der Waals surface area contributed by atoms with Gasteiger partial charge >= 0.3 is 0 Å². The fraction of sp³-hybridized carbons (Fsp3) is 0. The molecule has 0 radical (unpaired) electrons. The van der Waals surface area contributed by atoms with Gasteiger partial charge in [-0.05, 0) is 48.0 Å². The second kappa shape index (κ2) is 6.16. The fourth-order valence-corrected chi connectivity index (χ4v) is 1.59. The van der Waals surface area contributed by atoms with Gasteiger partial charge in [-0.25, -0.2) is 4.39 Å². The van der Waals surface area contributed by atoms with E-state index < -0.39 is 0 Å². The molecule has 0 saturated heterocycles. The maximum Gasteiger partial charge on any atom is 0.248 e. The van der Waals surface area contributed by atoms with Crippen LogP contribution in [-0.4, -0.2) is 5.91 Å². The van der Waals surface area contributed by atoms with Gasteiger partial charge in [0.05, 0.1) is 0 Å². The maximum absolute atomic E-state index is 12.7. The van der Waals surface area contributed by atoms with E-state index in [1.807, 2.05) is 12.1 Å². The molecule has 2 aromatic rings. The van der Waals surface area contributed by atoms with Crippen LogP contribution in [0.15, 0.2) is 54.6 Å². The summed E-state index contributed by atoms with van der Waals surface area (Å²) in [5.74, 6) is -0.615. The number of rotatable bonds is 3. The lowest BCUT2D eigenvalue weighted by atomic mass is 10.2. The molecule has 19 heavy (non-hydrogen) atoms. The molecule has 0 heterocycles. The third-order valence-electron chi connectivity index (χ3n) is 2.41. The zero-order chi connectivity index (χ0) is 13.7. The summed E-state index contributed by atoms with van der Waals surface area (Å²) in [5, 5.41) is 3.28. The first kappa shape index (κ1) is 13.3. The smallest absolute Gasteiger partial charge is 0.248 e. The van der Waals surface area contributed by atoms with Gasteiger partial charge in [0.25, 0.3) is 0 Å². The highest BCUT2D eigenvalue weighted by Crippen LogP contribution is 2.11. The molecule has 1 N–H and O–H groups in total. The van der Waals surface area contributed by atoms with Crippen molar-refractivity contribution in [2.24, 2.45) is 0 Å². The van der Waals surface area contributed by atoms with E-state index >= 15 is 0 Å². The summed E-state index contributed by atoms with van der Waals surface area (Å²) >= 11 is 5.76. The quantitative estimate of drug-likeness (QED) is 0.839. The molecule has 2 nitrogen and oxygen atoms in total. The van der Waals surface area contributed by atoms with Gasteiger partial charge in [0.1, 0.15) is 5.82 Å². The molecule has 0 bridgehead atoms. The lowest BCUT2D eigenvalue weighted by Gasteiger charge is -2.01. The maximum atomic E-state index is 12.7. The zero-order valence-electron chi connectivity index (χ0n) is 9.94. The number of amides is 1. The Hall–Kier alpha value is -2.13. The van der Waals surface area contributed by atoms with Crippen LogP contribution < -0.4 is 5.32 Å². The largest absolute Gasteiger partial charge is 0.323 e. The summed E-state index contributed by atoms with van der Waals surface area (Å²) in [6.07, 6.45) is 3.09. The molecule has 0 aromatic heterocycles. The van der Waals surface area contributed by atoms with Gasteiger partial charge in [0, 0.05) is 16.8 Å². The van der Waals surface area contributed by atoms with Crippen molar-refractivity contribution in [3.8, 4) is 0 Å². The Balaban J connectivity index is 1.97. The fourth-order valence-electron chi connectivity index (χ4n) is 1.46. The molecule has 96 valence electrons. The molecule has 0 spiro atoms. The van der Waals surface area contributed by atoms with Crippen molar-refractivity contribution in [3.05, 3.63) is 71.0 Å². The molecule has 0 saturated carbocycles. The van der Waals surface area contributed by atoms with E-state index in [9.17, 15) is 9.18 Å². The zero-order valence-corrected chi connectivity index (χ0v) is 10.7. The Bertz CT molecular complexity index is 591. The summed E-state index contributed by atoms with van der Waals surface area (Å²) in [7, 11) is 0. The van der Waals surface area contributed by atoms with Crippen LogP contribution in [0.2, 0.25) is 5.02 Å². The monoisotopic (exact) mass is 275 g/mol. The highest BCUT2D eigenvalue weighted by molar-refractivity contribution is 6.30. The Morgan fingerprint density at radius 1 is 1.05 bits per heavy atom. The van der Waals surface area contributed by atoms with E-state index in [4.69, 9.17) is 11.6 Å². The van der Waals surface area contributed by atoms with E-state index in [0.717, 1.165) is 5.56 Å². The molecular formula is C15H11ClFNO. The predicted molar refractivity (Wildman–Crippen MR) is 75.5 cm³/mol. The minimum absolute atomic E-state index is 0.276. The first-order valence-electron chi connectivity index (χ1n) is 5.64. The van der Waals surface area contributed by atoms with Crippen LogP contribution in [0.4, 0.5) is 10.1 Å². The van der Waals surface area contributed by atoms with Crippen LogP contribution in [0.1, 0.15) is 5.56 Å². The van der Waals surface area contributed by atoms with Crippen molar-refractivity contribution in [1.82, 2.24) is 0 Å². The van der Waals surface area contributed by atoms with Crippen molar-refractivity contribution in [2.45, 2.75) is 0 Å². The highest BCUT2D eigenvalue weighted by Gasteiger charge is 1.98. The van der Waals surface area contributed by atoms with Crippen molar-refractivity contribution < 1.29 is 9.18 Å². The Kier molecular flexibility index (Phi) is 4.31. The first-order chi connectivity index (χ1) is 9.13. The lowest BCUT2D eigenvalue weighted by molar-refractivity contribution is -0.111. The van der Waals surface area contributed by atoms with Crippen LogP contribution in [0.25, 0.3) is 6.08 Å². The van der Waals surface area contributed by atoms with Crippen LogP contribution in [0.3, 0.4) is 0 Å². The molecule has 0 atom stereocenters. The summed E-state index contributed by atoms with van der Waals surface area (Å²) < 4.78 is 12.7. The average Bonchev–Trinajstić information content (AvgIpc) is 2.41. The number of hydrogen-bond acceptors (Lipinski definition) is 1. The van der Waals surface area contributed by atoms with Crippen LogP contribution in [0, 0.1) is 5.82 Å². The summed E-state index contributed by atoms with van der Waals surface area (Å²) in [6.45, 7) is 0. The minimum atomic E-state index is -0.338. The van der Waals surface area contributed by atoms with Gasteiger partial charge in [0.15, 0.2) is 0 Å². The number of carbonyl (C=O) groups excluding carboxylic acids is 1. The van der Waals surface area contributed by atoms with Gasteiger partial charge < -0.3 is 5.32 Å². The van der Waals surface area contributed by atoms with Crippen LogP contribution >= 0.6 is 11.6 Å². The third-order valence-corrected chi connectivity index (χ3v) is 2.66. The number of carbonyl (C=O) groups is 1. The number of hydrogen-bond donors (Lipinski definition) is 1. The number of benzene rings is 2. The van der Waals surface area contributed by atoms with Gasteiger partial charge in [-0.2, -0.15) is 0 Å². The SMILES string of the molecule is O=C(/C=C\c1ccc(Cl)cc1)Nc1ccc(F)cc1. The molecule has 2 rings (SSSR count). The van der Waals surface area contributed by atoms with Crippen LogP contribution in [0.5, 0.6) is 0 Å². The predicted octanol–water partition coefficient (Wildman–Crippen LogP) is 4.13. The Labute approximate surface area is 115 Å². The molecule has 0 aliphatic heterocycles. The van der Waals surface area contributed by atoms with Crippen LogP contribution in [-0.2, 0) is 4.79 Å². The van der Waals surface area contributed by atoms with Crippen molar-refractivity contribution in [2.75, 3.05) is 5.32 Å². The topological polar surface area (TPSA) is 29.1 Å². The number of halogens is 2. The van der Waals surface area contributed by atoms with Crippen molar-refractivity contribution in [1.29, 1.82) is 0 Å². The minimum Gasteiger partial charge on any atom is -0.323 e. The summed E-state index contributed by atoms with van der Waals surface area (Å²) in [6, 6.07) is 12.7. The highest BCUT2D eigenvalue weighted by atomic mass is 35.5.